The van der Waals surface area contributed by atoms with Crippen molar-refractivity contribution in [1.82, 2.24) is 9.80 Å². The Morgan fingerprint density at radius 2 is 1.56 bits per heavy atom. The van der Waals surface area contributed by atoms with Crippen LogP contribution in [-0.4, -0.2) is 59.3 Å². The normalized spacial score (nSPS) is 49.5. The number of hydrogen-bond donors (Lipinski definition) is 1. The van der Waals surface area contributed by atoms with Gasteiger partial charge in [-0.25, -0.2) is 0 Å². The molecule has 3 heteroatoms. The van der Waals surface area contributed by atoms with Crippen LogP contribution in [0.1, 0.15) is 38.5 Å². The van der Waals surface area contributed by atoms with Gasteiger partial charge in [-0.2, -0.15) is 0 Å². The van der Waals surface area contributed by atoms with E-state index in [1.165, 1.54) is 45.3 Å². The maximum absolute atomic E-state index is 9.94. The van der Waals surface area contributed by atoms with Crippen LogP contribution in [0.25, 0.3) is 0 Å². The quantitative estimate of drug-likeness (QED) is 0.702. The van der Waals surface area contributed by atoms with Crippen LogP contribution in [0.4, 0.5) is 0 Å². The maximum atomic E-state index is 9.94. The second-order valence-electron chi connectivity index (χ2n) is 7.05. The van der Waals surface area contributed by atoms with E-state index in [9.17, 15) is 5.11 Å². The van der Waals surface area contributed by atoms with Gasteiger partial charge in [0.15, 0.2) is 0 Å². The summed E-state index contributed by atoms with van der Waals surface area (Å²) in [5, 5.41) is 9.94. The Labute approximate surface area is 110 Å². The molecular weight excluding hydrogens is 224 g/mol. The smallest absolute Gasteiger partial charge is 0.0567 e. The molecule has 5 atom stereocenters. The van der Waals surface area contributed by atoms with Gasteiger partial charge in [-0.1, -0.05) is 6.42 Å². The second-order valence-corrected chi connectivity index (χ2v) is 7.05. The predicted octanol–water partition coefficient (Wildman–Crippen LogP) is 1.32. The molecule has 0 amide bonds. The van der Waals surface area contributed by atoms with Gasteiger partial charge in [-0.3, -0.25) is 9.80 Å². The van der Waals surface area contributed by atoms with Gasteiger partial charge in [-0.15, -0.1) is 0 Å². The van der Waals surface area contributed by atoms with Gasteiger partial charge >= 0.3 is 0 Å². The third-order valence-electron chi connectivity index (χ3n) is 6.03. The Bertz CT molecular complexity index is 322. The molecule has 2 bridgehead atoms. The molecule has 4 saturated heterocycles. The Kier molecular flexibility index (Phi) is 2.90. The molecule has 1 N–H and O–H groups in total. The first-order valence-electron chi connectivity index (χ1n) is 7.97. The van der Waals surface area contributed by atoms with E-state index < -0.39 is 0 Å². The molecule has 18 heavy (non-hydrogen) atoms. The van der Waals surface area contributed by atoms with Crippen molar-refractivity contribution in [3.8, 4) is 0 Å². The Balaban J connectivity index is 1.55. The summed E-state index contributed by atoms with van der Waals surface area (Å²) in [6.07, 6.45) is 7.76. The zero-order valence-corrected chi connectivity index (χ0v) is 11.3. The minimum absolute atomic E-state index is 0.0260. The number of hydrogen-bond acceptors (Lipinski definition) is 3. The van der Waals surface area contributed by atoms with E-state index >= 15 is 0 Å². The van der Waals surface area contributed by atoms with Crippen molar-refractivity contribution in [1.29, 1.82) is 0 Å². The monoisotopic (exact) mass is 250 g/mol. The fourth-order valence-electron chi connectivity index (χ4n) is 5.22. The molecule has 102 valence electrons. The number of piperidine rings is 4. The number of fused-ring (bicyclic) bond motifs is 6. The highest BCUT2D eigenvalue weighted by atomic mass is 16.3. The number of nitrogens with zero attached hydrogens (tertiary/aromatic N) is 2. The minimum atomic E-state index is -0.0260. The lowest BCUT2D eigenvalue weighted by molar-refractivity contribution is -0.0900. The first kappa shape index (κ1) is 11.7. The van der Waals surface area contributed by atoms with E-state index in [-0.39, 0.29) is 6.10 Å². The van der Waals surface area contributed by atoms with Gasteiger partial charge in [0.2, 0.25) is 0 Å². The molecule has 4 aliphatic heterocycles. The topological polar surface area (TPSA) is 26.7 Å². The van der Waals surface area contributed by atoms with Crippen molar-refractivity contribution in [2.45, 2.75) is 56.7 Å². The first-order chi connectivity index (χ1) is 8.81. The van der Waals surface area contributed by atoms with E-state index in [4.69, 9.17) is 0 Å². The summed E-state index contributed by atoms with van der Waals surface area (Å²) in [6.45, 7) is 5.11. The molecule has 4 fully saturated rings. The molecule has 0 saturated carbocycles. The fraction of sp³-hybridized carbons (Fsp3) is 1.00. The molecule has 0 aromatic rings. The van der Waals surface area contributed by atoms with Crippen molar-refractivity contribution < 1.29 is 5.11 Å². The summed E-state index contributed by atoms with van der Waals surface area (Å²) in [6, 6.07) is 1.58. The molecule has 4 rings (SSSR count). The summed E-state index contributed by atoms with van der Waals surface area (Å²) < 4.78 is 0. The van der Waals surface area contributed by atoms with Crippen molar-refractivity contribution in [2.75, 3.05) is 26.2 Å². The zero-order valence-electron chi connectivity index (χ0n) is 11.3. The molecule has 3 nitrogen and oxygen atoms in total. The fourth-order valence-corrected chi connectivity index (χ4v) is 5.22. The first-order valence-corrected chi connectivity index (χ1v) is 7.97. The molecule has 0 spiro atoms. The van der Waals surface area contributed by atoms with Crippen molar-refractivity contribution in [3.05, 3.63) is 0 Å². The Morgan fingerprint density at radius 3 is 2.44 bits per heavy atom. The van der Waals surface area contributed by atoms with Crippen LogP contribution in [0.5, 0.6) is 0 Å². The average Bonchev–Trinajstić information content (AvgIpc) is 2.40. The van der Waals surface area contributed by atoms with Crippen LogP contribution in [-0.2, 0) is 0 Å². The minimum Gasteiger partial charge on any atom is -0.393 e. The summed E-state index contributed by atoms with van der Waals surface area (Å²) >= 11 is 0. The van der Waals surface area contributed by atoms with Crippen LogP contribution < -0.4 is 0 Å². The summed E-state index contributed by atoms with van der Waals surface area (Å²) in [5.74, 6) is 1.77. The maximum Gasteiger partial charge on any atom is 0.0567 e. The molecule has 0 unspecified atom stereocenters. The van der Waals surface area contributed by atoms with Gasteiger partial charge < -0.3 is 5.11 Å². The third-order valence-corrected chi connectivity index (χ3v) is 6.03. The highest BCUT2D eigenvalue weighted by Crippen LogP contribution is 2.42. The highest BCUT2D eigenvalue weighted by molar-refractivity contribution is 5.01. The lowest BCUT2D eigenvalue weighted by atomic mass is 9.70. The lowest BCUT2D eigenvalue weighted by Crippen LogP contribution is -2.64. The van der Waals surface area contributed by atoms with Gasteiger partial charge in [0.25, 0.3) is 0 Å². The summed E-state index contributed by atoms with van der Waals surface area (Å²) in [5.41, 5.74) is 0. The van der Waals surface area contributed by atoms with Crippen LogP contribution in [0.3, 0.4) is 0 Å². The molecule has 0 radical (unpaired) electrons. The van der Waals surface area contributed by atoms with Crippen LogP contribution in [0.15, 0.2) is 0 Å². The molecule has 0 aromatic heterocycles. The van der Waals surface area contributed by atoms with Crippen molar-refractivity contribution >= 4 is 0 Å². The van der Waals surface area contributed by atoms with E-state index in [0.717, 1.165) is 37.3 Å². The molecule has 4 aliphatic rings. The van der Waals surface area contributed by atoms with Gasteiger partial charge in [-0.05, 0) is 50.5 Å². The average molecular weight is 250 g/mol. The van der Waals surface area contributed by atoms with Crippen molar-refractivity contribution in [2.24, 2.45) is 11.8 Å². The third kappa shape index (κ3) is 1.83. The summed E-state index contributed by atoms with van der Waals surface area (Å²) in [4.78, 5) is 5.51. The standard InChI is InChI=1S/C15H26N2O/c18-13-4-6-17-9-11-7-12(15(17)8-13)10-16-5-2-1-3-14(11)16/h11-15,18H,1-10H2/t11-,12-,13-,14-,15+/m0/s1. The number of aliphatic hydroxyl groups excluding tert-OH is 1. The number of rotatable bonds is 0. The molecule has 0 aliphatic carbocycles. The van der Waals surface area contributed by atoms with E-state index in [0.29, 0.717) is 6.04 Å². The SMILES string of the molecule is O[C@H]1CCN2C[C@@H]3C[C@@H](CN4CCCC[C@@H]34)[C@H]2C1. The van der Waals surface area contributed by atoms with Crippen LogP contribution in [0.2, 0.25) is 0 Å². The predicted molar refractivity (Wildman–Crippen MR) is 71.4 cm³/mol. The van der Waals surface area contributed by atoms with Crippen LogP contribution >= 0.6 is 0 Å². The van der Waals surface area contributed by atoms with Gasteiger partial charge in [0, 0.05) is 31.7 Å². The zero-order chi connectivity index (χ0) is 12.1. The summed E-state index contributed by atoms with van der Waals surface area (Å²) in [7, 11) is 0. The Morgan fingerprint density at radius 1 is 0.778 bits per heavy atom. The molecular formula is C15H26N2O. The van der Waals surface area contributed by atoms with Crippen molar-refractivity contribution in [3.63, 3.8) is 0 Å². The van der Waals surface area contributed by atoms with E-state index in [1.54, 1.807) is 0 Å². The van der Waals surface area contributed by atoms with E-state index in [1.807, 2.05) is 0 Å². The largest absolute Gasteiger partial charge is 0.393 e. The second kappa shape index (κ2) is 4.46. The highest BCUT2D eigenvalue weighted by Gasteiger charge is 2.47. The molecule has 0 aromatic carbocycles. The lowest BCUT2D eigenvalue weighted by Gasteiger charge is -2.57. The van der Waals surface area contributed by atoms with Crippen LogP contribution in [0, 0.1) is 11.8 Å². The van der Waals surface area contributed by atoms with Gasteiger partial charge in [0.1, 0.15) is 0 Å². The Hall–Kier alpha value is -0.120. The number of aliphatic hydroxyl groups is 1. The molecule has 4 heterocycles. The van der Waals surface area contributed by atoms with Gasteiger partial charge in [0.05, 0.1) is 6.10 Å². The van der Waals surface area contributed by atoms with E-state index in [2.05, 4.69) is 9.80 Å².